The van der Waals surface area contributed by atoms with Crippen LogP contribution in [0.15, 0.2) is 12.2 Å². The van der Waals surface area contributed by atoms with Crippen molar-refractivity contribution in [2.75, 3.05) is 13.2 Å². The quantitative estimate of drug-likeness (QED) is 0.0321. The number of aliphatic hydroxyl groups is 2. The predicted octanol–water partition coefficient (Wildman–Crippen LogP) is 18.1. The van der Waals surface area contributed by atoms with Gasteiger partial charge in [0.15, 0.2) is 0 Å². The molecule has 0 aromatic rings. The highest BCUT2D eigenvalue weighted by Gasteiger charge is 2.20. The average Bonchev–Trinajstić information content (AvgIpc) is 3.31. The van der Waals surface area contributed by atoms with Gasteiger partial charge in [-0.2, -0.15) is 0 Å². The van der Waals surface area contributed by atoms with Gasteiger partial charge in [-0.1, -0.05) is 276 Å². The summed E-state index contributed by atoms with van der Waals surface area (Å²) in [5.74, 6) is -0.0661. The highest BCUT2D eigenvalue weighted by molar-refractivity contribution is 5.76. The first kappa shape index (κ1) is 63.6. The average molecular weight is 919 g/mol. The van der Waals surface area contributed by atoms with Crippen LogP contribution < -0.4 is 5.32 Å². The van der Waals surface area contributed by atoms with Crippen LogP contribution in [-0.4, -0.2) is 47.4 Å². The Morgan fingerprint density at radius 2 is 0.723 bits per heavy atom. The Bertz CT molecular complexity index is 970. The SMILES string of the molecule is CCCCCCCCC/C=C\CCCCCCCCCC(=O)OCCCCCCCCCCCCCC(=O)NC(CO)C(O)CCCCCCCCCCCCCCCCCCCCC. The minimum absolute atomic E-state index is 0.0154. The Morgan fingerprint density at radius 1 is 0.415 bits per heavy atom. The fourth-order valence-corrected chi connectivity index (χ4v) is 9.28. The largest absolute Gasteiger partial charge is 0.466 e. The Hall–Kier alpha value is -1.40. The molecule has 0 saturated heterocycles. The van der Waals surface area contributed by atoms with E-state index < -0.39 is 12.1 Å². The second-order valence-electron chi connectivity index (χ2n) is 20.3. The van der Waals surface area contributed by atoms with E-state index in [0.717, 1.165) is 57.8 Å². The van der Waals surface area contributed by atoms with Gasteiger partial charge in [0.05, 0.1) is 25.4 Å². The number of aliphatic hydroxyl groups excluding tert-OH is 2. The van der Waals surface area contributed by atoms with Crippen molar-refractivity contribution < 1.29 is 24.5 Å². The molecule has 0 saturated carbocycles. The molecule has 0 aliphatic rings. The Kier molecular flexibility index (Phi) is 54.0. The summed E-state index contributed by atoms with van der Waals surface area (Å²) >= 11 is 0. The first-order valence-corrected chi connectivity index (χ1v) is 29.4. The summed E-state index contributed by atoms with van der Waals surface area (Å²) in [6.45, 7) is 4.93. The molecule has 6 nitrogen and oxygen atoms in total. The molecule has 6 heteroatoms. The third kappa shape index (κ3) is 51.8. The molecule has 0 aromatic carbocycles. The van der Waals surface area contributed by atoms with E-state index in [1.54, 1.807) is 0 Å². The van der Waals surface area contributed by atoms with E-state index >= 15 is 0 Å². The summed E-state index contributed by atoms with van der Waals surface area (Å²) in [4.78, 5) is 24.6. The summed E-state index contributed by atoms with van der Waals surface area (Å²) in [6, 6.07) is -0.556. The van der Waals surface area contributed by atoms with Gasteiger partial charge in [0, 0.05) is 12.8 Å². The number of amides is 1. The summed E-state index contributed by atoms with van der Waals surface area (Å²) < 4.78 is 5.48. The number of hydrogen-bond acceptors (Lipinski definition) is 5. The van der Waals surface area contributed by atoms with E-state index in [1.165, 1.54) is 238 Å². The van der Waals surface area contributed by atoms with E-state index in [2.05, 4.69) is 31.3 Å². The van der Waals surface area contributed by atoms with Gasteiger partial charge in [0.2, 0.25) is 5.91 Å². The molecule has 0 spiro atoms. The predicted molar refractivity (Wildman–Crippen MR) is 283 cm³/mol. The monoisotopic (exact) mass is 918 g/mol. The van der Waals surface area contributed by atoms with Crippen molar-refractivity contribution >= 4 is 11.9 Å². The molecular weight excluding hydrogens is 803 g/mol. The minimum Gasteiger partial charge on any atom is -0.466 e. The zero-order valence-electron chi connectivity index (χ0n) is 44.0. The Balaban J connectivity index is 3.45. The van der Waals surface area contributed by atoms with Crippen LogP contribution in [0.25, 0.3) is 0 Å². The van der Waals surface area contributed by atoms with Crippen molar-refractivity contribution in [1.82, 2.24) is 5.32 Å². The number of nitrogens with one attached hydrogen (secondary N) is 1. The number of allylic oxidation sites excluding steroid dienone is 2. The molecule has 0 fully saturated rings. The van der Waals surface area contributed by atoms with Crippen LogP contribution in [0.1, 0.15) is 328 Å². The lowest BCUT2D eigenvalue weighted by molar-refractivity contribution is -0.143. The summed E-state index contributed by atoms with van der Waals surface area (Å²) in [5, 5.41) is 23.3. The van der Waals surface area contributed by atoms with Crippen molar-refractivity contribution in [2.24, 2.45) is 0 Å². The first-order valence-electron chi connectivity index (χ1n) is 29.4. The van der Waals surface area contributed by atoms with Gasteiger partial charge in [0.25, 0.3) is 0 Å². The number of carbonyl (C=O) groups is 2. The van der Waals surface area contributed by atoms with Crippen molar-refractivity contribution in [3.8, 4) is 0 Å². The van der Waals surface area contributed by atoms with Gasteiger partial charge in [-0.25, -0.2) is 0 Å². The second kappa shape index (κ2) is 55.2. The van der Waals surface area contributed by atoms with Crippen molar-refractivity contribution in [2.45, 2.75) is 341 Å². The summed E-state index contributed by atoms with van der Waals surface area (Å²) in [6.07, 6.45) is 64.8. The van der Waals surface area contributed by atoms with E-state index in [-0.39, 0.29) is 18.5 Å². The van der Waals surface area contributed by atoms with Gasteiger partial charge < -0.3 is 20.3 Å². The molecule has 0 aliphatic heterocycles. The number of esters is 1. The number of hydrogen-bond donors (Lipinski definition) is 3. The third-order valence-corrected chi connectivity index (χ3v) is 13.8. The number of ether oxygens (including phenoxy) is 1. The fourth-order valence-electron chi connectivity index (χ4n) is 9.28. The molecule has 0 heterocycles. The van der Waals surface area contributed by atoms with Gasteiger partial charge >= 0.3 is 5.97 Å². The molecule has 2 unspecified atom stereocenters. The zero-order chi connectivity index (χ0) is 47.2. The van der Waals surface area contributed by atoms with E-state index in [1.807, 2.05) is 0 Å². The van der Waals surface area contributed by atoms with Crippen molar-refractivity contribution in [3.63, 3.8) is 0 Å². The molecule has 0 radical (unpaired) electrons. The highest BCUT2D eigenvalue weighted by Crippen LogP contribution is 2.17. The molecule has 0 bridgehead atoms. The van der Waals surface area contributed by atoms with Crippen LogP contribution >= 0.6 is 0 Å². The molecule has 65 heavy (non-hydrogen) atoms. The van der Waals surface area contributed by atoms with Gasteiger partial charge in [0.1, 0.15) is 0 Å². The van der Waals surface area contributed by atoms with Crippen LogP contribution in [0.3, 0.4) is 0 Å². The lowest BCUT2D eigenvalue weighted by Gasteiger charge is -2.22. The number of unbranched alkanes of at least 4 members (excludes halogenated alkanes) is 42. The molecular formula is C59H115NO5. The normalized spacial score (nSPS) is 12.6. The Morgan fingerprint density at radius 3 is 1.09 bits per heavy atom. The number of carbonyl (C=O) groups excluding carboxylic acids is 2. The second-order valence-corrected chi connectivity index (χ2v) is 20.3. The smallest absolute Gasteiger partial charge is 0.305 e. The van der Waals surface area contributed by atoms with Crippen LogP contribution in [0, 0.1) is 0 Å². The molecule has 0 aromatic heterocycles. The van der Waals surface area contributed by atoms with E-state index in [0.29, 0.717) is 25.9 Å². The lowest BCUT2D eigenvalue weighted by atomic mass is 10.0. The lowest BCUT2D eigenvalue weighted by Crippen LogP contribution is -2.45. The minimum atomic E-state index is -0.677. The van der Waals surface area contributed by atoms with E-state index in [4.69, 9.17) is 4.74 Å². The first-order chi connectivity index (χ1) is 32.0. The van der Waals surface area contributed by atoms with Crippen LogP contribution in [0.4, 0.5) is 0 Å². The van der Waals surface area contributed by atoms with Crippen LogP contribution in [0.5, 0.6) is 0 Å². The molecule has 0 rings (SSSR count). The Labute approximate surface area is 406 Å². The zero-order valence-corrected chi connectivity index (χ0v) is 44.0. The van der Waals surface area contributed by atoms with Crippen LogP contribution in [0.2, 0.25) is 0 Å². The van der Waals surface area contributed by atoms with Crippen molar-refractivity contribution in [1.29, 1.82) is 0 Å². The topological polar surface area (TPSA) is 95.9 Å². The maximum Gasteiger partial charge on any atom is 0.305 e. The molecule has 386 valence electrons. The summed E-state index contributed by atoms with van der Waals surface area (Å²) in [7, 11) is 0. The number of rotatable bonds is 55. The van der Waals surface area contributed by atoms with Crippen molar-refractivity contribution in [3.05, 3.63) is 12.2 Å². The third-order valence-electron chi connectivity index (χ3n) is 13.8. The molecule has 3 N–H and O–H groups in total. The van der Waals surface area contributed by atoms with E-state index in [9.17, 15) is 19.8 Å². The maximum atomic E-state index is 12.5. The highest BCUT2D eigenvalue weighted by atomic mass is 16.5. The van der Waals surface area contributed by atoms with Gasteiger partial charge in [-0.3, -0.25) is 9.59 Å². The van der Waals surface area contributed by atoms with Crippen LogP contribution in [-0.2, 0) is 14.3 Å². The standard InChI is InChI=1S/C59H115NO5/c1-3-5-7-9-11-13-15-17-19-21-23-24-26-28-31-35-39-43-47-51-57(62)56(55-61)60-58(63)52-48-44-40-36-32-30-34-38-42-46-50-54-65-59(64)53-49-45-41-37-33-29-27-25-22-20-18-16-14-12-10-8-6-4-2/h20,22,56-57,61-62H,3-19,21,23-55H2,1-2H3,(H,60,63)/b22-20-. The molecule has 1 amide bonds. The molecule has 2 atom stereocenters. The van der Waals surface area contributed by atoms with Gasteiger partial charge in [-0.05, 0) is 51.4 Å². The van der Waals surface area contributed by atoms with Gasteiger partial charge in [-0.15, -0.1) is 0 Å². The molecule has 0 aliphatic carbocycles. The summed E-state index contributed by atoms with van der Waals surface area (Å²) in [5.41, 5.74) is 0. The maximum absolute atomic E-state index is 12.5. The fraction of sp³-hybridized carbons (Fsp3) is 0.932.